The SMILES string of the molecule is CC(=O)C1CCN(c2cc(C)ccn2)CC1. The number of aromatic nitrogens is 1. The van der Waals surface area contributed by atoms with Gasteiger partial charge >= 0.3 is 0 Å². The molecule has 86 valence electrons. The van der Waals surface area contributed by atoms with Crippen molar-refractivity contribution in [2.45, 2.75) is 26.7 Å². The van der Waals surface area contributed by atoms with Gasteiger partial charge in [-0.1, -0.05) is 0 Å². The van der Waals surface area contributed by atoms with Crippen molar-refractivity contribution in [1.82, 2.24) is 4.98 Å². The van der Waals surface area contributed by atoms with Crippen LogP contribution in [-0.2, 0) is 4.79 Å². The molecule has 0 bridgehead atoms. The summed E-state index contributed by atoms with van der Waals surface area (Å²) in [6.07, 6.45) is 3.78. The maximum Gasteiger partial charge on any atom is 0.133 e. The number of piperidine rings is 1. The Hall–Kier alpha value is -1.38. The number of pyridine rings is 1. The molecule has 1 fully saturated rings. The van der Waals surface area contributed by atoms with Crippen molar-refractivity contribution in [2.75, 3.05) is 18.0 Å². The van der Waals surface area contributed by atoms with Crippen LogP contribution < -0.4 is 4.90 Å². The minimum absolute atomic E-state index is 0.265. The van der Waals surface area contributed by atoms with Gasteiger partial charge in [0.05, 0.1) is 0 Å². The predicted octanol–water partition coefficient (Wildman–Crippen LogP) is 2.20. The molecule has 3 nitrogen and oxygen atoms in total. The largest absolute Gasteiger partial charge is 0.357 e. The summed E-state index contributed by atoms with van der Waals surface area (Å²) in [5.41, 5.74) is 1.23. The maximum atomic E-state index is 11.3. The Kier molecular flexibility index (Phi) is 3.22. The maximum absolute atomic E-state index is 11.3. The fourth-order valence-electron chi connectivity index (χ4n) is 2.21. The lowest BCUT2D eigenvalue weighted by atomic mass is 9.93. The third-order valence-electron chi connectivity index (χ3n) is 3.29. The molecule has 0 amide bonds. The van der Waals surface area contributed by atoms with Crippen LogP contribution in [-0.4, -0.2) is 23.9 Å². The Bertz CT molecular complexity index is 381. The zero-order valence-corrected chi connectivity index (χ0v) is 9.94. The van der Waals surface area contributed by atoms with E-state index in [1.165, 1.54) is 5.56 Å². The Balaban J connectivity index is 2.01. The van der Waals surface area contributed by atoms with Gasteiger partial charge in [-0.2, -0.15) is 0 Å². The minimum Gasteiger partial charge on any atom is -0.357 e. The molecule has 2 rings (SSSR count). The molecule has 0 aromatic carbocycles. The lowest BCUT2D eigenvalue weighted by molar-refractivity contribution is -0.121. The molecule has 0 aliphatic carbocycles. The first-order chi connectivity index (χ1) is 7.66. The molecule has 0 saturated carbocycles. The fraction of sp³-hybridized carbons (Fsp3) is 0.538. The van der Waals surface area contributed by atoms with E-state index in [0.717, 1.165) is 31.7 Å². The van der Waals surface area contributed by atoms with Crippen LogP contribution in [0.2, 0.25) is 0 Å². The first-order valence-corrected chi connectivity index (χ1v) is 5.85. The van der Waals surface area contributed by atoms with Gasteiger partial charge in [0.15, 0.2) is 0 Å². The average Bonchev–Trinajstić information content (AvgIpc) is 2.29. The van der Waals surface area contributed by atoms with Crippen LogP contribution in [0.4, 0.5) is 5.82 Å². The van der Waals surface area contributed by atoms with E-state index >= 15 is 0 Å². The van der Waals surface area contributed by atoms with E-state index in [0.29, 0.717) is 5.78 Å². The van der Waals surface area contributed by atoms with Gasteiger partial charge in [0, 0.05) is 25.2 Å². The van der Waals surface area contributed by atoms with E-state index < -0.39 is 0 Å². The number of carbonyl (C=O) groups is 1. The fourth-order valence-corrected chi connectivity index (χ4v) is 2.21. The highest BCUT2D eigenvalue weighted by molar-refractivity contribution is 5.78. The highest BCUT2D eigenvalue weighted by atomic mass is 16.1. The average molecular weight is 218 g/mol. The first-order valence-electron chi connectivity index (χ1n) is 5.85. The van der Waals surface area contributed by atoms with Gasteiger partial charge in [-0.05, 0) is 44.4 Å². The van der Waals surface area contributed by atoms with E-state index in [2.05, 4.69) is 22.9 Å². The lowest BCUT2D eigenvalue weighted by Gasteiger charge is -2.31. The summed E-state index contributed by atoms with van der Waals surface area (Å²) >= 11 is 0. The molecular weight excluding hydrogens is 200 g/mol. The summed E-state index contributed by atoms with van der Waals surface area (Å²) in [7, 11) is 0. The second kappa shape index (κ2) is 4.64. The molecule has 0 unspecified atom stereocenters. The van der Waals surface area contributed by atoms with Gasteiger partial charge in [-0.3, -0.25) is 4.79 Å². The smallest absolute Gasteiger partial charge is 0.133 e. The van der Waals surface area contributed by atoms with Gasteiger partial charge in [-0.25, -0.2) is 4.98 Å². The molecule has 1 aromatic rings. The topological polar surface area (TPSA) is 33.2 Å². The Morgan fingerprint density at radius 2 is 2.12 bits per heavy atom. The molecule has 2 heterocycles. The predicted molar refractivity (Wildman–Crippen MR) is 64.6 cm³/mol. The van der Waals surface area contributed by atoms with E-state index in [4.69, 9.17) is 0 Å². The van der Waals surface area contributed by atoms with Crippen LogP contribution in [0.25, 0.3) is 0 Å². The number of nitrogens with zero attached hydrogens (tertiary/aromatic N) is 2. The number of Topliss-reactive ketones (excluding diaryl/α,β-unsaturated/α-hetero) is 1. The number of hydrogen-bond acceptors (Lipinski definition) is 3. The summed E-state index contributed by atoms with van der Waals surface area (Å²) in [4.78, 5) is 17.9. The summed E-state index contributed by atoms with van der Waals surface area (Å²) in [6, 6.07) is 4.11. The van der Waals surface area contributed by atoms with E-state index in [-0.39, 0.29) is 5.92 Å². The number of carbonyl (C=O) groups excluding carboxylic acids is 1. The third kappa shape index (κ3) is 2.40. The molecule has 1 saturated heterocycles. The number of aryl methyl sites for hydroxylation is 1. The number of hydrogen-bond donors (Lipinski definition) is 0. The summed E-state index contributed by atoms with van der Waals surface area (Å²) in [5, 5.41) is 0. The zero-order valence-electron chi connectivity index (χ0n) is 9.94. The number of rotatable bonds is 2. The summed E-state index contributed by atoms with van der Waals surface area (Å²) < 4.78 is 0. The molecule has 1 aliphatic rings. The Labute approximate surface area is 96.5 Å². The van der Waals surface area contributed by atoms with Crippen molar-refractivity contribution < 1.29 is 4.79 Å². The van der Waals surface area contributed by atoms with Crippen molar-refractivity contribution in [1.29, 1.82) is 0 Å². The van der Waals surface area contributed by atoms with Crippen LogP contribution >= 0.6 is 0 Å². The standard InChI is InChI=1S/C13H18N2O/c1-10-3-6-14-13(9-10)15-7-4-12(5-8-15)11(2)16/h3,6,9,12H,4-5,7-8H2,1-2H3. The van der Waals surface area contributed by atoms with Crippen LogP contribution in [0.3, 0.4) is 0 Å². The quantitative estimate of drug-likeness (QED) is 0.763. The van der Waals surface area contributed by atoms with E-state index in [9.17, 15) is 4.79 Å². The monoisotopic (exact) mass is 218 g/mol. The van der Waals surface area contributed by atoms with Crippen molar-refractivity contribution in [3.05, 3.63) is 23.9 Å². The highest BCUT2D eigenvalue weighted by Gasteiger charge is 2.22. The van der Waals surface area contributed by atoms with Gasteiger partial charge < -0.3 is 4.90 Å². The normalized spacial score (nSPS) is 17.5. The molecule has 0 radical (unpaired) electrons. The van der Waals surface area contributed by atoms with Gasteiger partial charge in [0.25, 0.3) is 0 Å². The van der Waals surface area contributed by atoms with Crippen LogP contribution in [0.5, 0.6) is 0 Å². The van der Waals surface area contributed by atoms with Crippen LogP contribution in [0.15, 0.2) is 18.3 Å². The lowest BCUT2D eigenvalue weighted by Crippen LogP contribution is -2.36. The summed E-state index contributed by atoms with van der Waals surface area (Å²) in [5.74, 6) is 1.64. The second-order valence-electron chi connectivity index (χ2n) is 4.56. The van der Waals surface area contributed by atoms with Crippen molar-refractivity contribution in [3.8, 4) is 0 Å². The molecule has 0 N–H and O–H groups in total. The molecule has 3 heteroatoms. The van der Waals surface area contributed by atoms with Crippen molar-refractivity contribution in [2.24, 2.45) is 5.92 Å². The van der Waals surface area contributed by atoms with Gasteiger partial charge in [0.1, 0.15) is 11.6 Å². The van der Waals surface area contributed by atoms with Crippen LogP contribution in [0.1, 0.15) is 25.3 Å². The first kappa shape index (κ1) is 11.1. The molecule has 0 atom stereocenters. The molecule has 1 aromatic heterocycles. The van der Waals surface area contributed by atoms with E-state index in [1.54, 1.807) is 6.92 Å². The highest BCUT2D eigenvalue weighted by Crippen LogP contribution is 2.22. The second-order valence-corrected chi connectivity index (χ2v) is 4.56. The zero-order chi connectivity index (χ0) is 11.5. The molecule has 0 spiro atoms. The number of ketones is 1. The van der Waals surface area contributed by atoms with Crippen LogP contribution in [0, 0.1) is 12.8 Å². The third-order valence-corrected chi connectivity index (χ3v) is 3.29. The minimum atomic E-state index is 0.265. The molecular formula is C13H18N2O. The van der Waals surface area contributed by atoms with E-state index in [1.807, 2.05) is 12.3 Å². The van der Waals surface area contributed by atoms with Crippen molar-refractivity contribution in [3.63, 3.8) is 0 Å². The van der Waals surface area contributed by atoms with Gasteiger partial charge in [-0.15, -0.1) is 0 Å². The Morgan fingerprint density at radius 1 is 1.44 bits per heavy atom. The molecule has 1 aliphatic heterocycles. The van der Waals surface area contributed by atoms with Crippen molar-refractivity contribution >= 4 is 11.6 Å². The number of anilines is 1. The van der Waals surface area contributed by atoms with Gasteiger partial charge in [0.2, 0.25) is 0 Å². The Morgan fingerprint density at radius 3 is 2.69 bits per heavy atom. The summed E-state index contributed by atoms with van der Waals surface area (Å²) in [6.45, 7) is 5.67. The molecule has 16 heavy (non-hydrogen) atoms.